The van der Waals surface area contributed by atoms with Crippen molar-refractivity contribution in [2.45, 2.75) is 32.8 Å². The van der Waals surface area contributed by atoms with Gasteiger partial charge in [0.25, 0.3) is 0 Å². The van der Waals surface area contributed by atoms with E-state index in [0.29, 0.717) is 12.5 Å². The van der Waals surface area contributed by atoms with Crippen LogP contribution in [0.2, 0.25) is 0 Å². The van der Waals surface area contributed by atoms with E-state index in [9.17, 15) is 4.79 Å². The van der Waals surface area contributed by atoms with E-state index in [-0.39, 0.29) is 6.61 Å². The molecule has 0 saturated heterocycles. The van der Waals surface area contributed by atoms with Crippen LogP contribution >= 0.6 is 0 Å². The Bertz CT molecular complexity index is 330. The predicted molar refractivity (Wildman–Crippen MR) is 62.4 cm³/mol. The van der Waals surface area contributed by atoms with Gasteiger partial charge in [-0.2, -0.15) is 0 Å². The second-order valence-electron chi connectivity index (χ2n) is 3.94. The molecule has 0 bridgehead atoms. The second-order valence-corrected chi connectivity index (χ2v) is 3.94. The maximum Gasteiger partial charge on any atom is 0.329 e. The van der Waals surface area contributed by atoms with Gasteiger partial charge in [0.15, 0.2) is 0 Å². The van der Waals surface area contributed by atoms with Crippen LogP contribution in [0.25, 0.3) is 0 Å². The van der Waals surface area contributed by atoms with Gasteiger partial charge >= 0.3 is 5.97 Å². The summed E-state index contributed by atoms with van der Waals surface area (Å²) in [6, 6.07) is 8.13. The molecule has 1 atom stereocenters. The zero-order valence-electron chi connectivity index (χ0n) is 9.77. The topological polar surface area (TPSA) is 46.5 Å². The molecular weight excluding hydrogens is 204 g/mol. The van der Waals surface area contributed by atoms with E-state index in [0.717, 1.165) is 12.0 Å². The lowest BCUT2D eigenvalue weighted by Crippen LogP contribution is -2.06. The average Bonchev–Trinajstić information content (AvgIpc) is 2.28. The third kappa shape index (κ3) is 4.03. The van der Waals surface area contributed by atoms with Crippen LogP contribution in [0, 0.1) is 0 Å². The Morgan fingerprint density at radius 1 is 1.38 bits per heavy atom. The average molecular weight is 222 g/mol. The van der Waals surface area contributed by atoms with E-state index in [1.165, 1.54) is 5.56 Å². The minimum absolute atomic E-state index is 0.243. The number of rotatable bonds is 6. The highest BCUT2D eigenvalue weighted by molar-refractivity contribution is 5.67. The van der Waals surface area contributed by atoms with Gasteiger partial charge in [-0.05, 0) is 23.5 Å². The van der Waals surface area contributed by atoms with E-state index >= 15 is 0 Å². The van der Waals surface area contributed by atoms with Crippen LogP contribution in [-0.2, 0) is 16.1 Å². The number of hydrogen-bond acceptors (Lipinski definition) is 2. The van der Waals surface area contributed by atoms with Crippen molar-refractivity contribution < 1.29 is 14.6 Å². The first kappa shape index (κ1) is 12.7. The smallest absolute Gasteiger partial charge is 0.329 e. The third-order valence-electron chi connectivity index (χ3n) is 2.66. The summed E-state index contributed by atoms with van der Waals surface area (Å²) in [7, 11) is 0. The number of ether oxygens (including phenoxy) is 1. The summed E-state index contributed by atoms with van der Waals surface area (Å²) >= 11 is 0. The summed E-state index contributed by atoms with van der Waals surface area (Å²) in [6.45, 7) is 4.46. The van der Waals surface area contributed by atoms with Crippen molar-refractivity contribution >= 4 is 5.97 Å². The van der Waals surface area contributed by atoms with Gasteiger partial charge in [-0.15, -0.1) is 0 Å². The van der Waals surface area contributed by atoms with Gasteiger partial charge in [0.2, 0.25) is 0 Å². The SMILES string of the molecule is CCC(C)c1ccc(COCC(=O)O)cc1. The Morgan fingerprint density at radius 3 is 2.50 bits per heavy atom. The molecule has 1 aromatic carbocycles. The fraction of sp³-hybridized carbons (Fsp3) is 0.462. The van der Waals surface area contributed by atoms with E-state index in [4.69, 9.17) is 9.84 Å². The van der Waals surface area contributed by atoms with Crippen LogP contribution in [-0.4, -0.2) is 17.7 Å². The van der Waals surface area contributed by atoms with Crippen molar-refractivity contribution in [3.63, 3.8) is 0 Å². The number of carboxylic acids is 1. The van der Waals surface area contributed by atoms with E-state index in [1.54, 1.807) is 0 Å². The third-order valence-corrected chi connectivity index (χ3v) is 2.66. The molecule has 0 spiro atoms. The van der Waals surface area contributed by atoms with Crippen LogP contribution in [0.1, 0.15) is 37.3 Å². The molecule has 0 aromatic heterocycles. The first-order valence-electron chi connectivity index (χ1n) is 5.51. The van der Waals surface area contributed by atoms with E-state index < -0.39 is 5.97 Å². The highest BCUT2D eigenvalue weighted by Crippen LogP contribution is 2.18. The largest absolute Gasteiger partial charge is 0.480 e. The Balaban J connectivity index is 2.48. The van der Waals surface area contributed by atoms with Gasteiger partial charge in [-0.1, -0.05) is 38.1 Å². The maximum absolute atomic E-state index is 10.2. The standard InChI is InChI=1S/C13H18O3/c1-3-10(2)12-6-4-11(5-7-12)8-16-9-13(14)15/h4-7,10H,3,8-9H2,1-2H3,(H,14,15). The van der Waals surface area contributed by atoms with Crippen LogP contribution in [0.3, 0.4) is 0 Å². The van der Waals surface area contributed by atoms with Crippen molar-refractivity contribution in [1.82, 2.24) is 0 Å². The van der Waals surface area contributed by atoms with Gasteiger partial charge in [0, 0.05) is 0 Å². The molecule has 3 heteroatoms. The van der Waals surface area contributed by atoms with Crippen LogP contribution in [0.5, 0.6) is 0 Å². The number of aliphatic carboxylic acids is 1. The minimum Gasteiger partial charge on any atom is -0.480 e. The van der Waals surface area contributed by atoms with Crippen LogP contribution in [0.15, 0.2) is 24.3 Å². The minimum atomic E-state index is -0.934. The molecule has 0 aliphatic carbocycles. The molecule has 16 heavy (non-hydrogen) atoms. The van der Waals surface area contributed by atoms with E-state index in [1.807, 2.05) is 12.1 Å². The summed E-state index contributed by atoms with van der Waals surface area (Å²) in [5.41, 5.74) is 2.32. The van der Waals surface area contributed by atoms with Gasteiger partial charge in [0.05, 0.1) is 6.61 Å². The molecule has 0 aliphatic rings. The van der Waals surface area contributed by atoms with Crippen molar-refractivity contribution in [3.8, 4) is 0 Å². The first-order valence-corrected chi connectivity index (χ1v) is 5.51. The number of carbonyl (C=O) groups is 1. The fourth-order valence-electron chi connectivity index (χ4n) is 1.43. The lowest BCUT2D eigenvalue weighted by Gasteiger charge is -2.09. The Morgan fingerprint density at radius 2 is 2.00 bits per heavy atom. The highest BCUT2D eigenvalue weighted by Gasteiger charge is 2.03. The van der Waals surface area contributed by atoms with Gasteiger partial charge in [-0.25, -0.2) is 4.79 Å². The summed E-state index contributed by atoms with van der Waals surface area (Å²) in [5.74, 6) is -0.370. The molecule has 0 radical (unpaired) electrons. The summed E-state index contributed by atoms with van der Waals surface area (Å²) in [5, 5.41) is 8.42. The van der Waals surface area contributed by atoms with Crippen LogP contribution < -0.4 is 0 Å². The first-order chi connectivity index (χ1) is 7.63. The molecule has 1 unspecified atom stereocenters. The Kier molecular flexibility index (Phi) is 4.99. The van der Waals surface area contributed by atoms with Crippen molar-refractivity contribution in [3.05, 3.63) is 35.4 Å². The Labute approximate surface area is 96.1 Å². The number of carboxylic acid groups (broad SMARTS) is 1. The van der Waals surface area contributed by atoms with Crippen molar-refractivity contribution in [1.29, 1.82) is 0 Å². The number of benzene rings is 1. The fourth-order valence-corrected chi connectivity index (χ4v) is 1.43. The number of hydrogen-bond donors (Lipinski definition) is 1. The molecule has 88 valence electrons. The molecule has 0 aliphatic heterocycles. The van der Waals surface area contributed by atoms with Gasteiger partial charge in [0.1, 0.15) is 6.61 Å². The molecule has 0 amide bonds. The normalized spacial score (nSPS) is 12.4. The lowest BCUT2D eigenvalue weighted by molar-refractivity contribution is -0.142. The summed E-state index contributed by atoms with van der Waals surface area (Å²) in [4.78, 5) is 10.2. The van der Waals surface area contributed by atoms with Crippen molar-refractivity contribution in [2.24, 2.45) is 0 Å². The van der Waals surface area contributed by atoms with Gasteiger partial charge < -0.3 is 9.84 Å². The van der Waals surface area contributed by atoms with Crippen molar-refractivity contribution in [2.75, 3.05) is 6.61 Å². The highest BCUT2D eigenvalue weighted by atomic mass is 16.5. The van der Waals surface area contributed by atoms with Crippen LogP contribution in [0.4, 0.5) is 0 Å². The maximum atomic E-state index is 10.2. The molecule has 0 fully saturated rings. The monoisotopic (exact) mass is 222 g/mol. The Hall–Kier alpha value is -1.35. The molecule has 1 rings (SSSR count). The summed E-state index contributed by atoms with van der Waals surface area (Å²) in [6.07, 6.45) is 1.12. The molecule has 0 heterocycles. The molecule has 1 N–H and O–H groups in total. The molecule has 0 saturated carbocycles. The quantitative estimate of drug-likeness (QED) is 0.805. The zero-order chi connectivity index (χ0) is 12.0. The second kappa shape index (κ2) is 6.28. The molecule has 3 nitrogen and oxygen atoms in total. The molecular formula is C13H18O3. The molecule has 1 aromatic rings. The summed E-state index contributed by atoms with van der Waals surface area (Å²) < 4.78 is 5.01. The zero-order valence-corrected chi connectivity index (χ0v) is 9.77. The van der Waals surface area contributed by atoms with Gasteiger partial charge in [-0.3, -0.25) is 0 Å². The predicted octanol–water partition coefficient (Wildman–Crippen LogP) is 2.80. The van der Waals surface area contributed by atoms with E-state index in [2.05, 4.69) is 26.0 Å². The lowest BCUT2D eigenvalue weighted by atomic mass is 9.98.